The second-order valence-corrected chi connectivity index (χ2v) is 4.53. The van der Waals surface area contributed by atoms with Crippen LogP contribution in [0.5, 0.6) is 0 Å². The van der Waals surface area contributed by atoms with Gasteiger partial charge in [-0.05, 0) is 24.1 Å². The van der Waals surface area contributed by atoms with Gasteiger partial charge in [-0.15, -0.1) is 0 Å². The highest BCUT2D eigenvalue weighted by atomic mass is 16.2. The number of hydrogen-bond acceptors (Lipinski definition) is 2. The van der Waals surface area contributed by atoms with Crippen LogP contribution >= 0.6 is 0 Å². The van der Waals surface area contributed by atoms with E-state index >= 15 is 0 Å². The van der Waals surface area contributed by atoms with E-state index < -0.39 is 5.91 Å². The van der Waals surface area contributed by atoms with Crippen LogP contribution < -0.4 is 5.73 Å². The van der Waals surface area contributed by atoms with Gasteiger partial charge < -0.3 is 15.8 Å². The Bertz CT molecular complexity index is 774. The highest BCUT2D eigenvalue weighted by Gasteiger charge is 2.14. The Morgan fingerprint density at radius 3 is 2.74 bits per heavy atom. The van der Waals surface area contributed by atoms with Gasteiger partial charge in [0.25, 0.3) is 5.91 Å². The second-order valence-electron chi connectivity index (χ2n) is 4.53. The second kappa shape index (κ2) is 4.40. The molecule has 1 aromatic heterocycles. The van der Waals surface area contributed by atoms with E-state index in [4.69, 9.17) is 10.8 Å². The zero-order valence-corrected chi connectivity index (χ0v) is 10.3. The normalized spacial score (nSPS) is 11.2. The Kier molecular flexibility index (Phi) is 2.72. The zero-order chi connectivity index (χ0) is 13.4. The first-order valence-corrected chi connectivity index (χ1v) is 6.15. The van der Waals surface area contributed by atoms with Gasteiger partial charge in [0.2, 0.25) is 0 Å². The average molecular weight is 254 g/mol. The molecule has 96 valence electrons. The number of rotatable bonds is 3. The molecule has 4 heteroatoms. The van der Waals surface area contributed by atoms with E-state index in [0.29, 0.717) is 12.0 Å². The van der Waals surface area contributed by atoms with E-state index in [1.54, 1.807) is 6.07 Å². The molecule has 0 aliphatic carbocycles. The predicted octanol–water partition coefficient (Wildman–Crippen LogP) is 1.95. The van der Waals surface area contributed by atoms with Crippen LogP contribution in [0.1, 0.15) is 15.9 Å². The molecule has 3 aromatic rings. The van der Waals surface area contributed by atoms with Gasteiger partial charge in [-0.2, -0.15) is 0 Å². The van der Waals surface area contributed by atoms with Gasteiger partial charge in [-0.3, -0.25) is 4.79 Å². The number of carbonyl (C=O) groups is 1. The molecule has 0 saturated carbocycles. The Labute approximate surface area is 109 Å². The van der Waals surface area contributed by atoms with Crippen LogP contribution in [-0.2, 0) is 6.42 Å². The van der Waals surface area contributed by atoms with Gasteiger partial charge in [0, 0.05) is 22.9 Å². The maximum atomic E-state index is 11.5. The number of H-pyrrole nitrogens is 1. The average Bonchev–Trinajstić information content (AvgIpc) is 2.78. The third-order valence-corrected chi connectivity index (χ3v) is 3.39. The lowest BCUT2D eigenvalue weighted by Crippen LogP contribution is -2.11. The maximum Gasteiger partial charge on any atom is 0.250 e. The Morgan fingerprint density at radius 2 is 2.00 bits per heavy atom. The highest BCUT2D eigenvalue weighted by molar-refractivity contribution is 6.15. The van der Waals surface area contributed by atoms with Crippen LogP contribution in [0.15, 0.2) is 36.4 Å². The summed E-state index contributed by atoms with van der Waals surface area (Å²) >= 11 is 0. The number of nitrogens with two attached hydrogens (primary N) is 1. The van der Waals surface area contributed by atoms with E-state index in [1.165, 1.54) is 0 Å². The number of amides is 1. The molecule has 0 fully saturated rings. The fourth-order valence-electron chi connectivity index (χ4n) is 2.56. The number of para-hydroxylation sites is 1. The van der Waals surface area contributed by atoms with Crippen molar-refractivity contribution in [3.63, 3.8) is 0 Å². The van der Waals surface area contributed by atoms with Crippen LogP contribution in [-0.4, -0.2) is 22.6 Å². The molecule has 0 unspecified atom stereocenters. The van der Waals surface area contributed by atoms with E-state index in [-0.39, 0.29) is 6.61 Å². The topological polar surface area (TPSA) is 79.1 Å². The molecule has 19 heavy (non-hydrogen) atoms. The van der Waals surface area contributed by atoms with E-state index in [0.717, 1.165) is 27.4 Å². The quantitative estimate of drug-likeness (QED) is 0.668. The molecule has 0 saturated heterocycles. The van der Waals surface area contributed by atoms with Gasteiger partial charge in [0.1, 0.15) is 0 Å². The summed E-state index contributed by atoms with van der Waals surface area (Å²) in [6.45, 7) is 0.0739. The molecule has 2 aromatic carbocycles. The molecule has 0 bridgehead atoms. The molecule has 4 N–H and O–H groups in total. The minimum absolute atomic E-state index is 0.0739. The van der Waals surface area contributed by atoms with E-state index in [9.17, 15) is 4.79 Å². The van der Waals surface area contributed by atoms with Gasteiger partial charge in [0.05, 0.1) is 11.1 Å². The lowest BCUT2D eigenvalue weighted by atomic mass is 10.0. The number of aliphatic hydroxyl groups is 1. The number of aromatic nitrogens is 1. The maximum absolute atomic E-state index is 11.5. The van der Waals surface area contributed by atoms with E-state index in [2.05, 4.69) is 4.98 Å². The van der Waals surface area contributed by atoms with Crippen molar-refractivity contribution in [1.29, 1.82) is 0 Å². The fourth-order valence-corrected chi connectivity index (χ4v) is 2.56. The molecule has 4 nitrogen and oxygen atoms in total. The summed E-state index contributed by atoms with van der Waals surface area (Å²) in [5.74, 6) is -0.452. The summed E-state index contributed by atoms with van der Waals surface area (Å²) in [5, 5.41) is 11.2. The molecular formula is C15H14N2O2. The first kappa shape index (κ1) is 11.7. The predicted molar refractivity (Wildman–Crippen MR) is 75.1 cm³/mol. The van der Waals surface area contributed by atoms with Crippen LogP contribution in [0.25, 0.3) is 21.8 Å². The summed E-state index contributed by atoms with van der Waals surface area (Å²) in [4.78, 5) is 14.8. The number of primary amides is 1. The van der Waals surface area contributed by atoms with Crippen LogP contribution in [0.4, 0.5) is 0 Å². The number of fused-ring (bicyclic) bond motifs is 3. The largest absolute Gasteiger partial charge is 0.396 e. The first-order valence-electron chi connectivity index (χ1n) is 6.15. The Hall–Kier alpha value is -2.33. The fraction of sp³-hybridized carbons (Fsp3) is 0.133. The number of nitrogens with one attached hydrogen (secondary N) is 1. The van der Waals surface area contributed by atoms with Gasteiger partial charge in [0.15, 0.2) is 0 Å². The van der Waals surface area contributed by atoms with Crippen molar-refractivity contribution in [2.24, 2.45) is 5.73 Å². The van der Waals surface area contributed by atoms with Crippen molar-refractivity contribution in [3.8, 4) is 0 Å². The first-order chi connectivity index (χ1) is 9.22. The molecule has 0 aliphatic heterocycles. The summed E-state index contributed by atoms with van der Waals surface area (Å²) in [6.07, 6.45) is 0.553. The smallest absolute Gasteiger partial charge is 0.250 e. The van der Waals surface area contributed by atoms with Crippen LogP contribution in [0.3, 0.4) is 0 Å². The molecule has 0 radical (unpaired) electrons. The number of carbonyl (C=O) groups excluding carboxylic acids is 1. The van der Waals surface area contributed by atoms with Crippen molar-refractivity contribution in [2.45, 2.75) is 6.42 Å². The lowest BCUT2D eigenvalue weighted by molar-refractivity contribution is 0.100. The molecule has 1 heterocycles. The molecule has 1 amide bonds. The number of hydrogen-bond donors (Lipinski definition) is 3. The van der Waals surface area contributed by atoms with Gasteiger partial charge in [-0.1, -0.05) is 24.3 Å². The van der Waals surface area contributed by atoms with Crippen molar-refractivity contribution < 1.29 is 9.90 Å². The van der Waals surface area contributed by atoms with Crippen molar-refractivity contribution in [3.05, 3.63) is 47.5 Å². The van der Waals surface area contributed by atoms with Crippen molar-refractivity contribution >= 4 is 27.7 Å². The summed E-state index contributed by atoms with van der Waals surface area (Å²) in [7, 11) is 0. The molecule has 0 atom stereocenters. The third-order valence-electron chi connectivity index (χ3n) is 3.39. The van der Waals surface area contributed by atoms with Crippen molar-refractivity contribution in [1.82, 2.24) is 4.98 Å². The molecular weight excluding hydrogens is 240 g/mol. The highest BCUT2D eigenvalue weighted by Crippen LogP contribution is 2.30. The minimum atomic E-state index is -0.452. The minimum Gasteiger partial charge on any atom is -0.396 e. The summed E-state index contributed by atoms with van der Waals surface area (Å²) in [5.41, 5.74) is 8.62. The summed E-state index contributed by atoms with van der Waals surface area (Å²) < 4.78 is 0. The zero-order valence-electron chi connectivity index (χ0n) is 10.3. The standard InChI is InChI=1S/C15H14N2O2/c16-15(19)11-6-5-9(7-8-18)13-10-3-1-2-4-12(10)17-14(11)13/h1-6,17-18H,7-8H2,(H2,16,19). The monoisotopic (exact) mass is 254 g/mol. The van der Waals surface area contributed by atoms with Crippen molar-refractivity contribution in [2.75, 3.05) is 6.61 Å². The number of benzene rings is 2. The molecule has 3 rings (SSSR count). The Balaban J connectivity index is 2.46. The molecule has 0 aliphatic rings. The van der Waals surface area contributed by atoms with Gasteiger partial charge in [-0.25, -0.2) is 0 Å². The van der Waals surface area contributed by atoms with E-state index in [1.807, 2.05) is 30.3 Å². The van der Waals surface area contributed by atoms with Gasteiger partial charge >= 0.3 is 0 Å². The Morgan fingerprint density at radius 1 is 1.21 bits per heavy atom. The molecule has 0 spiro atoms. The van der Waals surface area contributed by atoms with Crippen LogP contribution in [0, 0.1) is 0 Å². The lowest BCUT2D eigenvalue weighted by Gasteiger charge is -2.05. The SMILES string of the molecule is NC(=O)c1ccc(CCO)c2c1[nH]c1ccccc12. The van der Waals surface area contributed by atoms with Crippen LogP contribution in [0.2, 0.25) is 0 Å². The summed E-state index contributed by atoms with van der Waals surface area (Å²) in [6, 6.07) is 11.4. The number of aromatic amines is 1. The third kappa shape index (κ3) is 1.77. The number of aliphatic hydroxyl groups excluding tert-OH is 1.